The highest BCUT2D eigenvalue weighted by atomic mass is 16.2. The van der Waals surface area contributed by atoms with Crippen LogP contribution in [0.2, 0.25) is 0 Å². The van der Waals surface area contributed by atoms with Crippen molar-refractivity contribution in [3.05, 3.63) is 24.5 Å². The third-order valence-electron chi connectivity index (χ3n) is 4.93. The number of carbonyl (C=O) groups is 1. The molecule has 0 aliphatic carbocycles. The maximum atomic E-state index is 12.4. The number of carbonyl (C=O) groups excluding carboxylic acids is 1. The van der Waals surface area contributed by atoms with Gasteiger partial charge in [-0.15, -0.1) is 0 Å². The Morgan fingerprint density at radius 3 is 3.00 bits per heavy atom. The minimum atomic E-state index is 0.0387. The predicted octanol–water partition coefficient (Wildman–Crippen LogP) is 2.83. The second-order valence-corrected chi connectivity index (χ2v) is 7.06. The van der Waals surface area contributed by atoms with Crippen LogP contribution in [0.5, 0.6) is 0 Å². The van der Waals surface area contributed by atoms with Gasteiger partial charge < -0.3 is 20.1 Å². The van der Waals surface area contributed by atoms with E-state index in [1.54, 1.807) is 0 Å². The fourth-order valence-corrected chi connectivity index (χ4v) is 3.51. The first-order valence-corrected chi connectivity index (χ1v) is 8.67. The van der Waals surface area contributed by atoms with Gasteiger partial charge in [0.1, 0.15) is 5.65 Å². The lowest BCUT2D eigenvalue weighted by Gasteiger charge is -2.42. The van der Waals surface area contributed by atoms with E-state index in [0.717, 1.165) is 36.2 Å². The van der Waals surface area contributed by atoms with Crippen LogP contribution in [0, 0.1) is 5.92 Å². The number of piperidine rings is 1. The molecule has 24 heavy (non-hydrogen) atoms. The van der Waals surface area contributed by atoms with Crippen LogP contribution in [0.4, 0.5) is 10.5 Å². The molecule has 1 aliphatic rings. The molecule has 6 heteroatoms. The molecule has 3 heterocycles. The maximum absolute atomic E-state index is 12.4. The maximum Gasteiger partial charge on any atom is 0.317 e. The number of anilines is 1. The van der Waals surface area contributed by atoms with Crippen LogP contribution < -0.4 is 10.2 Å². The minimum Gasteiger partial charge on any atom is -0.369 e. The number of aromatic amines is 1. The van der Waals surface area contributed by atoms with Gasteiger partial charge in [-0.2, -0.15) is 0 Å². The Bertz CT molecular complexity index is 710. The van der Waals surface area contributed by atoms with Crippen molar-refractivity contribution in [3.8, 4) is 0 Å². The first-order chi connectivity index (χ1) is 11.5. The van der Waals surface area contributed by atoms with E-state index in [2.05, 4.69) is 46.3 Å². The van der Waals surface area contributed by atoms with E-state index in [-0.39, 0.29) is 18.1 Å². The third-order valence-corrected chi connectivity index (χ3v) is 4.93. The first kappa shape index (κ1) is 16.6. The molecule has 0 bridgehead atoms. The number of rotatable bonds is 3. The van der Waals surface area contributed by atoms with Gasteiger partial charge in [-0.05, 0) is 38.3 Å². The van der Waals surface area contributed by atoms with Gasteiger partial charge in [0.25, 0.3) is 0 Å². The zero-order chi connectivity index (χ0) is 17.3. The zero-order valence-electron chi connectivity index (χ0n) is 14.9. The number of hydrogen-bond acceptors (Lipinski definition) is 3. The molecule has 1 fully saturated rings. The Hall–Kier alpha value is -2.24. The molecule has 3 rings (SSSR count). The van der Waals surface area contributed by atoms with Crippen LogP contribution in [0.3, 0.4) is 0 Å². The third kappa shape index (κ3) is 3.18. The number of pyridine rings is 1. The van der Waals surface area contributed by atoms with E-state index in [1.165, 1.54) is 0 Å². The number of urea groups is 1. The molecule has 1 aliphatic heterocycles. The van der Waals surface area contributed by atoms with Gasteiger partial charge in [-0.25, -0.2) is 9.78 Å². The van der Waals surface area contributed by atoms with Gasteiger partial charge >= 0.3 is 6.03 Å². The molecule has 2 atom stereocenters. The van der Waals surface area contributed by atoms with E-state index in [0.29, 0.717) is 5.92 Å². The van der Waals surface area contributed by atoms with E-state index in [1.807, 2.05) is 31.1 Å². The number of amides is 2. The molecule has 130 valence electrons. The predicted molar refractivity (Wildman–Crippen MR) is 97.3 cm³/mol. The fraction of sp³-hybridized carbons (Fsp3) is 0.556. The summed E-state index contributed by atoms with van der Waals surface area (Å²) in [6.07, 6.45) is 4.77. The normalized spacial score (nSPS) is 21.3. The number of aromatic nitrogens is 2. The molecule has 2 aromatic heterocycles. The lowest BCUT2D eigenvalue weighted by Crippen LogP contribution is -2.55. The smallest absolute Gasteiger partial charge is 0.317 e. The van der Waals surface area contributed by atoms with Gasteiger partial charge in [0, 0.05) is 55.7 Å². The number of likely N-dealkylation sites (N-methyl/N-ethyl adjacent to an activating group) is 1. The molecule has 2 N–H and O–H groups in total. The van der Waals surface area contributed by atoms with Gasteiger partial charge in [-0.1, -0.05) is 6.92 Å². The van der Waals surface area contributed by atoms with Gasteiger partial charge in [0.2, 0.25) is 0 Å². The second kappa shape index (κ2) is 6.71. The monoisotopic (exact) mass is 329 g/mol. The Labute approximate surface area is 143 Å². The summed E-state index contributed by atoms with van der Waals surface area (Å²) in [7, 11) is 2.12. The number of nitrogens with one attached hydrogen (secondary N) is 2. The molecule has 1 saturated heterocycles. The van der Waals surface area contributed by atoms with Crippen molar-refractivity contribution >= 4 is 22.8 Å². The summed E-state index contributed by atoms with van der Waals surface area (Å²) in [5.41, 5.74) is 2.06. The fourth-order valence-electron chi connectivity index (χ4n) is 3.51. The first-order valence-electron chi connectivity index (χ1n) is 8.67. The number of H-pyrrole nitrogens is 1. The van der Waals surface area contributed by atoms with Crippen molar-refractivity contribution in [2.45, 2.75) is 39.3 Å². The van der Waals surface area contributed by atoms with Gasteiger partial charge in [-0.3, -0.25) is 0 Å². The molecule has 0 saturated carbocycles. The van der Waals surface area contributed by atoms with Crippen molar-refractivity contribution in [2.75, 3.05) is 25.0 Å². The SMILES string of the molecule is CC(C)NC(=O)N1CC[C@@H](C)C(N(C)c2ccnc3[nH]ccc23)C1. The molecule has 0 spiro atoms. The van der Waals surface area contributed by atoms with Crippen molar-refractivity contribution in [1.82, 2.24) is 20.2 Å². The van der Waals surface area contributed by atoms with Crippen LogP contribution >= 0.6 is 0 Å². The quantitative estimate of drug-likeness (QED) is 0.910. The number of nitrogens with zero attached hydrogens (tertiary/aromatic N) is 3. The summed E-state index contributed by atoms with van der Waals surface area (Å²) in [6, 6.07) is 4.60. The zero-order valence-corrected chi connectivity index (χ0v) is 14.9. The van der Waals surface area contributed by atoms with Crippen LogP contribution in [0.25, 0.3) is 11.0 Å². The molecule has 1 unspecified atom stereocenters. The summed E-state index contributed by atoms with van der Waals surface area (Å²) in [5, 5.41) is 4.13. The topological polar surface area (TPSA) is 64.3 Å². The average molecular weight is 329 g/mol. The summed E-state index contributed by atoms with van der Waals surface area (Å²) >= 11 is 0. The molecular weight excluding hydrogens is 302 g/mol. The Morgan fingerprint density at radius 1 is 1.46 bits per heavy atom. The standard InChI is InChI=1S/C18H27N5O/c1-12(2)21-18(24)23-10-7-13(3)16(11-23)22(4)15-6-9-20-17-14(15)5-8-19-17/h5-6,8-9,12-13,16H,7,10-11H2,1-4H3,(H,19,20)(H,21,24)/t13-,16?/m1/s1. The lowest BCUT2D eigenvalue weighted by atomic mass is 9.92. The lowest BCUT2D eigenvalue weighted by molar-refractivity contribution is 0.159. The molecule has 2 aromatic rings. The summed E-state index contributed by atoms with van der Waals surface area (Å²) in [5.74, 6) is 0.528. The summed E-state index contributed by atoms with van der Waals surface area (Å²) < 4.78 is 0. The highest BCUT2D eigenvalue weighted by Crippen LogP contribution is 2.30. The van der Waals surface area contributed by atoms with E-state index < -0.39 is 0 Å². The highest BCUT2D eigenvalue weighted by molar-refractivity contribution is 5.89. The molecule has 2 amide bonds. The molecular formula is C18H27N5O. The Kier molecular flexibility index (Phi) is 4.64. The van der Waals surface area contributed by atoms with E-state index in [4.69, 9.17) is 0 Å². The number of likely N-dealkylation sites (tertiary alicyclic amines) is 1. The van der Waals surface area contributed by atoms with Crippen molar-refractivity contribution in [3.63, 3.8) is 0 Å². The summed E-state index contributed by atoms with van der Waals surface area (Å²) in [4.78, 5) is 24.1. The average Bonchev–Trinajstić information content (AvgIpc) is 3.02. The molecule has 0 radical (unpaired) electrons. The van der Waals surface area contributed by atoms with Gasteiger partial charge in [0.05, 0.1) is 0 Å². The largest absolute Gasteiger partial charge is 0.369 e. The highest BCUT2D eigenvalue weighted by Gasteiger charge is 2.32. The van der Waals surface area contributed by atoms with Crippen LogP contribution in [-0.4, -0.2) is 53.1 Å². The number of hydrogen-bond donors (Lipinski definition) is 2. The molecule has 6 nitrogen and oxygen atoms in total. The Morgan fingerprint density at radius 2 is 2.25 bits per heavy atom. The van der Waals surface area contributed by atoms with Crippen LogP contribution in [0.15, 0.2) is 24.5 Å². The van der Waals surface area contributed by atoms with E-state index in [9.17, 15) is 4.79 Å². The van der Waals surface area contributed by atoms with Crippen molar-refractivity contribution in [2.24, 2.45) is 5.92 Å². The summed E-state index contributed by atoms with van der Waals surface area (Å²) in [6.45, 7) is 7.82. The van der Waals surface area contributed by atoms with Gasteiger partial charge in [0.15, 0.2) is 0 Å². The number of fused-ring (bicyclic) bond motifs is 1. The second-order valence-electron chi connectivity index (χ2n) is 7.06. The Balaban J connectivity index is 1.81. The van der Waals surface area contributed by atoms with E-state index >= 15 is 0 Å². The van der Waals surface area contributed by atoms with Crippen molar-refractivity contribution < 1.29 is 4.79 Å². The van der Waals surface area contributed by atoms with Crippen LogP contribution in [0.1, 0.15) is 27.2 Å². The van der Waals surface area contributed by atoms with Crippen molar-refractivity contribution in [1.29, 1.82) is 0 Å². The van der Waals surface area contributed by atoms with Crippen LogP contribution in [-0.2, 0) is 0 Å². The minimum absolute atomic E-state index is 0.0387. The molecule has 0 aromatic carbocycles.